The number of hydrogen-bond donors (Lipinski definition) is 3. The van der Waals surface area contributed by atoms with Gasteiger partial charge >= 0.3 is 23.9 Å². The van der Waals surface area contributed by atoms with Gasteiger partial charge in [-0.05, 0) is 48.8 Å². The van der Waals surface area contributed by atoms with E-state index in [1.807, 2.05) is 36.4 Å². The summed E-state index contributed by atoms with van der Waals surface area (Å²) in [6.45, 7) is -0.274. The molecule has 0 unspecified atom stereocenters. The van der Waals surface area contributed by atoms with Gasteiger partial charge in [0.05, 0.1) is 16.4 Å². The van der Waals surface area contributed by atoms with E-state index in [0.29, 0.717) is 24.3 Å². The molecule has 3 amide bonds. The second-order valence-electron chi connectivity index (χ2n) is 9.60. The number of hydrogen-bond acceptors (Lipinski definition) is 6. The highest BCUT2D eigenvalue weighted by atomic mass is 35.5. The smallest absolute Gasteiger partial charge is 0.447 e. The Bertz CT molecular complexity index is 1500. The summed E-state index contributed by atoms with van der Waals surface area (Å²) in [4.78, 5) is 45.3. The maximum Gasteiger partial charge on any atom is 0.508 e. The SMILES string of the molecule is CN(C(=O)CCc1ccccc1Cl)[C@@H](CCCCNC(=O)C(=[N+]=N)C(F)(F)F)COC(=O)Nc1cc2ccccc2cn1. The largest absolute Gasteiger partial charge is 0.508 e. The van der Waals surface area contributed by atoms with E-state index >= 15 is 0 Å². The van der Waals surface area contributed by atoms with Crippen LogP contribution in [-0.4, -0.2) is 70.7 Å². The predicted octanol–water partition coefficient (Wildman–Crippen LogP) is 5.43. The Morgan fingerprint density at radius 2 is 1.79 bits per heavy atom. The fourth-order valence-corrected chi connectivity index (χ4v) is 4.44. The highest BCUT2D eigenvalue weighted by molar-refractivity contribution is 6.38. The van der Waals surface area contributed by atoms with Crippen LogP contribution < -0.4 is 10.6 Å². The summed E-state index contributed by atoms with van der Waals surface area (Å²) < 4.78 is 43.7. The summed E-state index contributed by atoms with van der Waals surface area (Å²) in [6, 6.07) is 15.8. The first-order valence-electron chi connectivity index (χ1n) is 13.4. The maximum atomic E-state index is 13.0. The number of nitrogens with one attached hydrogen (secondary N) is 3. The zero-order chi connectivity index (χ0) is 31.4. The number of carbonyl (C=O) groups excluding carboxylic acids is 3. The van der Waals surface area contributed by atoms with Crippen molar-refractivity contribution in [2.45, 2.75) is 44.3 Å². The molecule has 0 radical (unpaired) electrons. The van der Waals surface area contributed by atoms with Crippen LogP contribution in [0.1, 0.15) is 31.2 Å². The summed E-state index contributed by atoms with van der Waals surface area (Å²) in [5, 5.41) is 6.98. The fourth-order valence-electron chi connectivity index (χ4n) is 4.21. The first-order chi connectivity index (χ1) is 20.5. The molecule has 0 saturated heterocycles. The second kappa shape index (κ2) is 15.7. The molecule has 3 aromatic rings. The van der Waals surface area contributed by atoms with Crippen LogP contribution in [0.25, 0.3) is 10.8 Å². The quantitative estimate of drug-likeness (QED) is 0.101. The summed E-state index contributed by atoms with van der Waals surface area (Å²) >= 11 is 6.20. The Balaban J connectivity index is 1.58. The Morgan fingerprint density at radius 1 is 1.09 bits per heavy atom. The summed E-state index contributed by atoms with van der Waals surface area (Å²) in [7, 11) is 1.58. The number of fused-ring (bicyclic) bond motifs is 1. The van der Waals surface area contributed by atoms with Crippen molar-refractivity contribution in [1.82, 2.24) is 15.2 Å². The van der Waals surface area contributed by atoms with Crippen molar-refractivity contribution in [3.8, 4) is 0 Å². The lowest BCUT2D eigenvalue weighted by Crippen LogP contribution is -2.42. The van der Waals surface area contributed by atoms with Gasteiger partial charge in [0.2, 0.25) is 5.91 Å². The van der Waals surface area contributed by atoms with Crippen molar-refractivity contribution >= 4 is 51.8 Å². The van der Waals surface area contributed by atoms with Gasteiger partial charge in [0.25, 0.3) is 0 Å². The Morgan fingerprint density at radius 3 is 2.49 bits per heavy atom. The molecule has 10 nitrogen and oxygen atoms in total. The number of carbonyl (C=O) groups is 3. The number of aryl methyl sites for hydroxylation is 1. The zero-order valence-electron chi connectivity index (χ0n) is 23.3. The molecule has 14 heteroatoms. The van der Waals surface area contributed by atoms with Crippen molar-refractivity contribution in [2.24, 2.45) is 0 Å². The van der Waals surface area contributed by atoms with E-state index in [1.165, 1.54) is 4.90 Å². The van der Waals surface area contributed by atoms with Crippen LogP contribution in [0, 0.1) is 5.53 Å². The zero-order valence-corrected chi connectivity index (χ0v) is 24.0. The Labute approximate surface area is 250 Å². The van der Waals surface area contributed by atoms with Crippen molar-refractivity contribution in [3.05, 3.63) is 71.4 Å². The molecular formula is C29H31ClF3N6O4+. The standard InChI is InChI=1S/C29H30ClF3N6O4/c1-39(25(40)14-13-19-8-4-5-12-23(19)30)22(11-6-7-15-35-27(41)26(38-34)29(31,32)33)18-43-28(42)37-24-16-20-9-2-3-10-21(20)17-36-24/h2-5,8-10,12,16-17,22,34H,6-7,11,13-15,18H2,1H3,(H-,35,36,37,41,42)/p+1/t22-/m0/s1. The van der Waals surface area contributed by atoms with E-state index in [9.17, 15) is 27.6 Å². The normalized spacial score (nSPS) is 11.7. The van der Waals surface area contributed by atoms with Crippen LogP contribution in [-0.2, 0) is 20.7 Å². The van der Waals surface area contributed by atoms with E-state index < -0.39 is 29.9 Å². The molecule has 3 rings (SSSR count). The van der Waals surface area contributed by atoms with Gasteiger partial charge in [-0.15, -0.1) is 0 Å². The number of ether oxygens (including phenoxy) is 1. The number of benzene rings is 2. The molecule has 3 N–H and O–H groups in total. The predicted molar refractivity (Wildman–Crippen MR) is 154 cm³/mol. The van der Waals surface area contributed by atoms with E-state index in [-0.39, 0.29) is 37.7 Å². The van der Waals surface area contributed by atoms with Gasteiger partial charge in [0, 0.05) is 36.6 Å². The number of alkyl halides is 3. The average Bonchev–Trinajstić information content (AvgIpc) is 2.97. The monoisotopic (exact) mass is 619 g/mol. The number of pyridine rings is 1. The summed E-state index contributed by atoms with van der Waals surface area (Å²) in [5.41, 5.74) is 5.58. The highest BCUT2D eigenvalue weighted by Crippen LogP contribution is 2.19. The molecule has 0 spiro atoms. The van der Waals surface area contributed by atoms with Crippen LogP contribution in [0.3, 0.4) is 0 Å². The third-order valence-electron chi connectivity index (χ3n) is 6.62. The molecule has 0 fully saturated rings. The number of aromatic nitrogens is 1. The molecule has 1 heterocycles. The maximum absolute atomic E-state index is 13.0. The van der Waals surface area contributed by atoms with Crippen molar-refractivity contribution in [2.75, 3.05) is 25.5 Å². The van der Waals surface area contributed by atoms with Gasteiger partial charge in [0.1, 0.15) is 12.4 Å². The lowest BCUT2D eigenvalue weighted by molar-refractivity contribution is -0.173. The number of amides is 3. The summed E-state index contributed by atoms with van der Waals surface area (Å²) in [6.07, 6.45) is -2.68. The van der Waals surface area contributed by atoms with Crippen LogP contribution in [0.2, 0.25) is 5.02 Å². The van der Waals surface area contributed by atoms with Gasteiger partial charge < -0.3 is 15.0 Å². The number of halogens is 4. The minimum Gasteiger partial charge on any atom is -0.447 e. The molecule has 2 aromatic carbocycles. The highest BCUT2D eigenvalue weighted by Gasteiger charge is 2.51. The minimum absolute atomic E-state index is 0.111. The third kappa shape index (κ3) is 10.1. The van der Waals surface area contributed by atoms with Crippen molar-refractivity contribution < 1.29 is 37.1 Å². The molecule has 1 atom stereocenters. The van der Waals surface area contributed by atoms with Gasteiger partial charge in [-0.2, -0.15) is 13.2 Å². The Kier molecular flexibility index (Phi) is 12.0. The number of likely N-dealkylation sites (N-methyl/N-ethyl adjacent to an activating group) is 1. The number of anilines is 1. The molecule has 0 aliphatic heterocycles. The minimum atomic E-state index is -5.04. The van der Waals surface area contributed by atoms with Gasteiger partial charge in [-0.25, -0.2) is 9.78 Å². The van der Waals surface area contributed by atoms with E-state index in [2.05, 4.69) is 20.4 Å². The second-order valence-corrected chi connectivity index (χ2v) is 10.0. The first kappa shape index (κ1) is 33.0. The lowest BCUT2D eigenvalue weighted by atomic mass is 10.1. The van der Waals surface area contributed by atoms with Crippen molar-refractivity contribution in [3.63, 3.8) is 0 Å². The molecule has 1 aromatic heterocycles. The van der Waals surface area contributed by atoms with Gasteiger partial charge in [-0.3, -0.25) is 14.9 Å². The van der Waals surface area contributed by atoms with Crippen LogP contribution in [0.4, 0.5) is 23.8 Å². The lowest BCUT2D eigenvalue weighted by Gasteiger charge is -2.28. The molecule has 0 saturated carbocycles. The van der Waals surface area contributed by atoms with Crippen LogP contribution >= 0.6 is 11.6 Å². The van der Waals surface area contributed by atoms with E-state index in [1.54, 1.807) is 31.4 Å². The molecular weight excluding hydrogens is 589 g/mol. The topological polar surface area (TPSA) is 139 Å². The molecule has 0 bridgehead atoms. The fraction of sp³-hybridized carbons (Fsp3) is 0.345. The number of unbranched alkanes of at least 4 members (excludes halogenated alkanes) is 1. The number of nitrogens with zero attached hydrogens (tertiary/aromatic N) is 3. The van der Waals surface area contributed by atoms with Crippen LogP contribution in [0.5, 0.6) is 0 Å². The van der Waals surface area contributed by atoms with E-state index in [4.69, 9.17) is 21.9 Å². The molecule has 43 heavy (non-hydrogen) atoms. The van der Waals surface area contributed by atoms with Gasteiger partial charge in [0.15, 0.2) is 0 Å². The number of rotatable bonds is 13. The van der Waals surface area contributed by atoms with E-state index in [0.717, 1.165) is 16.3 Å². The average molecular weight is 620 g/mol. The molecule has 0 aliphatic carbocycles. The van der Waals surface area contributed by atoms with Gasteiger partial charge in [-0.1, -0.05) is 54.1 Å². The summed E-state index contributed by atoms with van der Waals surface area (Å²) in [5.74, 6) is -1.43. The first-order valence-corrected chi connectivity index (χ1v) is 13.7. The Hall–Kier alpha value is -4.48. The molecule has 228 valence electrons. The third-order valence-corrected chi connectivity index (χ3v) is 6.99. The molecule has 0 aliphatic rings. The van der Waals surface area contributed by atoms with Crippen LogP contribution in [0.15, 0.2) is 60.8 Å². The van der Waals surface area contributed by atoms with Crippen molar-refractivity contribution in [1.29, 1.82) is 5.53 Å².